The van der Waals surface area contributed by atoms with E-state index in [2.05, 4.69) is 4.98 Å². The number of hydrogen-bond donors (Lipinski definition) is 2. The number of nitrogens with two attached hydrogens (primary N) is 1. The Bertz CT molecular complexity index is 1170. The van der Waals surface area contributed by atoms with Crippen LogP contribution in [0, 0.1) is 11.3 Å². The number of nitrogens with one attached hydrogen (secondary N) is 1. The fourth-order valence-electron chi connectivity index (χ4n) is 2.70. The number of pyridine rings is 1. The smallest absolute Gasteiger partial charge is 0.348 e. The van der Waals surface area contributed by atoms with Gasteiger partial charge in [0.05, 0.1) is 17.7 Å². The molecular weight excluding hydrogens is 382 g/mol. The van der Waals surface area contributed by atoms with Gasteiger partial charge in [0.25, 0.3) is 0 Å². The summed E-state index contributed by atoms with van der Waals surface area (Å²) in [6.45, 7) is 1.44. The summed E-state index contributed by atoms with van der Waals surface area (Å²) in [6.07, 6.45) is 0. The summed E-state index contributed by atoms with van der Waals surface area (Å²) in [5.74, 6) is -1.40. The second kappa shape index (κ2) is 7.94. The van der Waals surface area contributed by atoms with Gasteiger partial charge in [-0.15, -0.1) is 11.3 Å². The number of carbonyl (C=O) groups excluding carboxylic acids is 2. The molecule has 142 valence electrons. The molecule has 0 spiro atoms. The number of ether oxygens (including phenoxy) is 2. The molecule has 0 radical (unpaired) electrons. The number of para-hydroxylation sites is 1. The van der Waals surface area contributed by atoms with Crippen LogP contribution < -0.4 is 11.3 Å². The lowest BCUT2D eigenvalue weighted by Crippen LogP contribution is -2.14. The Hall–Kier alpha value is -3.64. The van der Waals surface area contributed by atoms with Crippen LogP contribution in [0.2, 0.25) is 0 Å². The van der Waals surface area contributed by atoms with E-state index in [1.54, 1.807) is 31.2 Å². The molecule has 0 amide bonds. The van der Waals surface area contributed by atoms with Gasteiger partial charge in [-0.2, -0.15) is 5.26 Å². The number of nitrogens with zero attached hydrogens (tertiary/aromatic N) is 1. The molecule has 8 nitrogen and oxygen atoms in total. The van der Waals surface area contributed by atoms with Gasteiger partial charge < -0.3 is 20.2 Å². The summed E-state index contributed by atoms with van der Waals surface area (Å²) in [4.78, 5) is 39.3. The number of thiophene rings is 1. The molecular formula is C19H15N3O5S. The first-order valence-corrected chi connectivity index (χ1v) is 9.05. The number of fused-ring (bicyclic) bond motifs is 1. The van der Waals surface area contributed by atoms with Crippen molar-refractivity contribution in [2.45, 2.75) is 13.5 Å². The first-order chi connectivity index (χ1) is 13.5. The average Bonchev–Trinajstić information content (AvgIpc) is 3.01. The maximum Gasteiger partial charge on any atom is 0.348 e. The van der Waals surface area contributed by atoms with Crippen LogP contribution in [0.1, 0.15) is 38.1 Å². The number of aromatic nitrogens is 1. The first-order valence-electron chi connectivity index (χ1n) is 8.23. The van der Waals surface area contributed by atoms with E-state index in [4.69, 9.17) is 15.2 Å². The molecule has 0 atom stereocenters. The van der Waals surface area contributed by atoms with E-state index in [1.807, 2.05) is 6.07 Å². The Morgan fingerprint density at radius 2 is 2.00 bits per heavy atom. The minimum atomic E-state index is -0.759. The lowest BCUT2D eigenvalue weighted by molar-refractivity contribution is 0.0454. The van der Waals surface area contributed by atoms with Gasteiger partial charge in [0.2, 0.25) is 5.56 Å². The molecule has 0 bridgehead atoms. The topological polar surface area (TPSA) is 135 Å². The van der Waals surface area contributed by atoms with Gasteiger partial charge in [0.15, 0.2) is 0 Å². The first kappa shape index (κ1) is 19.1. The highest BCUT2D eigenvalue weighted by Crippen LogP contribution is 2.32. The van der Waals surface area contributed by atoms with E-state index in [0.29, 0.717) is 10.9 Å². The van der Waals surface area contributed by atoms with Crippen molar-refractivity contribution in [2.75, 3.05) is 12.3 Å². The molecule has 9 heteroatoms. The van der Waals surface area contributed by atoms with E-state index in [-0.39, 0.29) is 39.8 Å². The number of hydrogen-bond acceptors (Lipinski definition) is 8. The Balaban J connectivity index is 1.93. The summed E-state index contributed by atoms with van der Waals surface area (Å²) in [6, 6.07) is 9.85. The van der Waals surface area contributed by atoms with Crippen molar-refractivity contribution >= 4 is 39.2 Å². The second-order valence-electron chi connectivity index (χ2n) is 5.65. The molecule has 2 heterocycles. The number of nitrogen functional groups attached to an aromatic ring is 1. The minimum Gasteiger partial charge on any atom is -0.462 e. The standard InChI is InChI=1S/C19H15N3O5S/c1-2-26-19(25)16-13(12(8-20)17(21)28-16)9-27-18(24)11-7-15(23)22-14-6-4-3-5-10(11)14/h3-7H,2,9,21H2,1H3,(H,22,23). The molecule has 0 saturated carbocycles. The molecule has 3 rings (SSSR count). The van der Waals surface area contributed by atoms with Crippen LogP contribution in [-0.2, 0) is 16.1 Å². The Labute approximate surface area is 163 Å². The van der Waals surface area contributed by atoms with Gasteiger partial charge in [-0.1, -0.05) is 18.2 Å². The van der Waals surface area contributed by atoms with E-state index < -0.39 is 17.5 Å². The average molecular weight is 397 g/mol. The number of H-pyrrole nitrogens is 1. The predicted molar refractivity (Wildman–Crippen MR) is 103 cm³/mol. The molecule has 0 fully saturated rings. The lowest BCUT2D eigenvalue weighted by atomic mass is 10.1. The van der Waals surface area contributed by atoms with Gasteiger partial charge in [-0.3, -0.25) is 4.79 Å². The second-order valence-corrected chi connectivity index (χ2v) is 6.70. The van der Waals surface area contributed by atoms with Crippen molar-refractivity contribution in [2.24, 2.45) is 0 Å². The van der Waals surface area contributed by atoms with Gasteiger partial charge >= 0.3 is 11.9 Å². The van der Waals surface area contributed by atoms with Crippen LogP contribution in [0.4, 0.5) is 5.00 Å². The van der Waals surface area contributed by atoms with Crippen molar-refractivity contribution in [3.63, 3.8) is 0 Å². The zero-order valence-corrected chi connectivity index (χ0v) is 15.6. The number of esters is 2. The van der Waals surface area contributed by atoms with Crippen molar-refractivity contribution < 1.29 is 19.1 Å². The fraction of sp³-hybridized carbons (Fsp3) is 0.158. The fourth-order valence-corrected chi connectivity index (χ4v) is 3.61. The van der Waals surface area contributed by atoms with Crippen molar-refractivity contribution in [1.82, 2.24) is 4.98 Å². The van der Waals surface area contributed by atoms with Gasteiger partial charge in [-0.05, 0) is 13.0 Å². The number of anilines is 1. The third kappa shape index (κ3) is 3.58. The van der Waals surface area contributed by atoms with E-state index in [9.17, 15) is 19.6 Å². The van der Waals surface area contributed by atoms with Crippen LogP contribution in [-0.4, -0.2) is 23.5 Å². The highest BCUT2D eigenvalue weighted by Gasteiger charge is 2.24. The minimum absolute atomic E-state index is 0.0663. The quantitative estimate of drug-likeness (QED) is 0.632. The van der Waals surface area contributed by atoms with Crippen LogP contribution >= 0.6 is 11.3 Å². The summed E-state index contributed by atoms with van der Waals surface area (Å²) in [7, 11) is 0. The van der Waals surface area contributed by atoms with Gasteiger partial charge in [0, 0.05) is 22.5 Å². The Kier molecular flexibility index (Phi) is 5.42. The largest absolute Gasteiger partial charge is 0.462 e. The highest BCUT2D eigenvalue weighted by atomic mass is 32.1. The third-order valence-electron chi connectivity index (χ3n) is 3.92. The normalized spacial score (nSPS) is 10.4. The highest BCUT2D eigenvalue weighted by molar-refractivity contribution is 7.18. The van der Waals surface area contributed by atoms with Crippen LogP contribution in [0.5, 0.6) is 0 Å². The number of nitriles is 1. The van der Waals surface area contributed by atoms with E-state index >= 15 is 0 Å². The number of benzene rings is 1. The maximum atomic E-state index is 12.6. The Morgan fingerprint density at radius 1 is 1.25 bits per heavy atom. The SMILES string of the molecule is CCOC(=O)c1sc(N)c(C#N)c1COC(=O)c1cc(=O)[nH]c2ccccc12. The van der Waals surface area contributed by atoms with E-state index in [0.717, 1.165) is 17.4 Å². The molecule has 1 aromatic carbocycles. The summed E-state index contributed by atoms with van der Waals surface area (Å²) < 4.78 is 10.3. The predicted octanol–water partition coefficient (Wildman–Crippen LogP) is 2.58. The van der Waals surface area contributed by atoms with Crippen molar-refractivity contribution in [3.8, 4) is 6.07 Å². The maximum absolute atomic E-state index is 12.6. The van der Waals surface area contributed by atoms with Gasteiger partial charge in [-0.25, -0.2) is 9.59 Å². The zero-order valence-electron chi connectivity index (χ0n) is 14.8. The molecule has 0 unspecified atom stereocenters. The summed E-state index contributed by atoms with van der Waals surface area (Å²) in [5, 5.41) is 9.98. The molecule has 0 aliphatic heterocycles. The molecule has 0 saturated heterocycles. The lowest BCUT2D eigenvalue weighted by Gasteiger charge is -2.08. The number of aromatic amines is 1. The summed E-state index contributed by atoms with van der Waals surface area (Å²) >= 11 is 0.901. The van der Waals surface area contributed by atoms with Gasteiger partial charge in [0.1, 0.15) is 22.6 Å². The van der Waals surface area contributed by atoms with Crippen LogP contribution in [0.25, 0.3) is 10.9 Å². The third-order valence-corrected chi connectivity index (χ3v) is 4.97. The van der Waals surface area contributed by atoms with Crippen LogP contribution in [0.3, 0.4) is 0 Å². The summed E-state index contributed by atoms with van der Waals surface area (Å²) in [5.41, 5.74) is 6.18. The van der Waals surface area contributed by atoms with E-state index in [1.165, 1.54) is 0 Å². The van der Waals surface area contributed by atoms with Crippen molar-refractivity contribution in [3.05, 3.63) is 62.3 Å². The molecule has 2 aromatic heterocycles. The molecule has 3 aromatic rings. The van der Waals surface area contributed by atoms with Crippen molar-refractivity contribution in [1.29, 1.82) is 5.26 Å². The number of carbonyl (C=O) groups is 2. The molecule has 3 N–H and O–H groups in total. The molecule has 0 aliphatic carbocycles. The van der Waals surface area contributed by atoms with Crippen LogP contribution in [0.15, 0.2) is 35.1 Å². The zero-order chi connectivity index (χ0) is 20.3. The Morgan fingerprint density at radius 3 is 2.71 bits per heavy atom. The monoisotopic (exact) mass is 397 g/mol. The molecule has 28 heavy (non-hydrogen) atoms. The molecule has 0 aliphatic rings. The number of rotatable bonds is 5.